The van der Waals surface area contributed by atoms with Crippen LogP contribution in [0.25, 0.3) is 0 Å². The van der Waals surface area contributed by atoms with Crippen LogP contribution in [0.2, 0.25) is 5.02 Å². The van der Waals surface area contributed by atoms with Crippen LogP contribution in [0.4, 0.5) is 0 Å². The lowest BCUT2D eigenvalue weighted by molar-refractivity contribution is 0.0760. The molecule has 24 heavy (non-hydrogen) atoms. The van der Waals surface area contributed by atoms with E-state index in [-0.39, 0.29) is 16.7 Å². The molecule has 2 nitrogen and oxygen atoms in total. The van der Waals surface area contributed by atoms with Gasteiger partial charge in [-0.3, -0.25) is 4.79 Å². The van der Waals surface area contributed by atoms with E-state index in [1.165, 1.54) is 11.1 Å². The SMILES string of the molecule is CC(C)(C)c1ccc(C2SCCN2C(=O)c2ccc(Cl)cc2)cc1. The molecule has 0 radical (unpaired) electrons. The first-order valence-electron chi connectivity index (χ1n) is 8.15. The summed E-state index contributed by atoms with van der Waals surface area (Å²) in [5.74, 6) is 1.03. The molecule has 1 fully saturated rings. The summed E-state index contributed by atoms with van der Waals surface area (Å²) in [7, 11) is 0. The Labute approximate surface area is 153 Å². The topological polar surface area (TPSA) is 20.3 Å². The fourth-order valence-corrected chi connectivity index (χ4v) is 4.24. The highest BCUT2D eigenvalue weighted by Crippen LogP contribution is 2.39. The molecule has 0 saturated carbocycles. The lowest BCUT2D eigenvalue weighted by Gasteiger charge is -2.25. The van der Waals surface area contributed by atoms with Crippen molar-refractivity contribution in [1.82, 2.24) is 4.90 Å². The second-order valence-corrected chi connectivity index (χ2v) is 8.73. The third-order valence-corrected chi connectivity index (χ3v) is 5.82. The van der Waals surface area contributed by atoms with Crippen molar-refractivity contribution in [1.29, 1.82) is 0 Å². The van der Waals surface area contributed by atoms with Crippen molar-refractivity contribution in [2.24, 2.45) is 0 Å². The average molecular weight is 360 g/mol. The quantitative estimate of drug-likeness (QED) is 0.703. The van der Waals surface area contributed by atoms with Crippen molar-refractivity contribution in [2.45, 2.75) is 31.6 Å². The predicted octanol–water partition coefficient (Wildman–Crippen LogP) is 5.53. The standard InChI is InChI=1S/C20H22ClNOS/c1-20(2,3)16-8-4-15(5-9-16)19-22(12-13-24-19)18(23)14-6-10-17(21)11-7-14/h4-11,19H,12-13H2,1-3H3. The molecule has 2 aromatic rings. The fraction of sp³-hybridized carbons (Fsp3) is 0.350. The minimum absolute atomic E-state index is 0.0709. The van der Waals surface area contributed by atoms with Gasteiger partial charge in [-0.25, -0.2) is 0 Å². The van der Waals surface area contributed by atoms with E-state index in [0.29, 0.717) is 10.6 Å². The monoisotopic (exact) mass is 359 g/mol. The van der Waals surface area contributed by atoms with Crippen LogP contribution in [0.5, 0.6) is 0 Å². The van der Waals surface area contributed by atoms with Crippen LogP contribution >= 0.6 is 23.4 Å². The summed E-state index contributed by atoms with van der Waals surface area (Å²) >= 11 is 7.75. The number of carbonyl (C=O) groups is 1. The fourth-order valence-electron chi connectivity index (χ4n) is 2.86. The number of amides is 1. The normalized spacial score (nSPS) is 18.0. The first-order chi connectivity index (χ1) is 11.4. The minimum atomic E-state index is 0.0709. The van der Waals surface area contributed by atoms with Crippen LogP contribution in [-0.2, 0) is 5.41 Å². The number of rotatable bonds is 2. The molecule has 0 spiro atoms. The summed E-state index contributed by atoms with van der Waals surface area (Å²) in [6, 6.07) is 15.8. The third kappa shape index (κ3) is 3.62. The summed E-state index contributed by atoms with van der Waals surface area (Å²) in [5.41, 5.74) is 3.33. The van der Waals surface area contributed by atoms with E-state index < -0.39 is 0 Å². The number of carbonyl (C=O) groups excluding carboxylic acids is 1. The van der Waals surface area contributed by atoms with Gasteiger partial charge in [0.25, 0.3) is 5.91 Å². The molecule has 1 heterocycles. The molecule has 1 aliphatic rings. The van der Waals surface area contributed by atoms with E-state index >= 15 is 0 Å². The molecule has 1 aliphatic heterocycles. The average Bonchev–Trinajstić information content (AvgIpc) is 3.04. The zero-order chi connectivity index (χ0) is 17.3. The summed E-state index contributed by atoms with van der Waals surface area (Å²) in [6.07, 6.45) is 0. The van der Waals surface area contributed by atoms with Gasteiger partial charge in [0.15, 0.2) is 0 Å². The third-order valence-electron chi connectivity index (χ3n) is 4.30. The van der Waals surface area contributed by atoms with Gasteiger partial charge in [-0.2, -0.15) is 0 Å². The molecule has 1 amide bonds. The number of thioether (sulfide) groups is 1. The van der Waals surface area contributed by atoms with Crippen LogP contribution in [-0.4, -0.2) is 23.1 Å². The molecule has 1 saturated heterocycles. The Bertz CT molecular complexity index is 719. The number of hydrogen-bond donors (Lipinski definition) is 0. The Hall–Kier alpha value is -1.45. The first-order valence-corrected chi connectivity index (χ1v) is 9.57. The summed E-state index contributed by atoms with van der Waals surface area (Å²) in [4.78, 5) is 14.8. The van der Waals surface area contributed by atoms with Crippen LogP contribution in [0.3, 0.4) is 0 Å². The van der Waals surface area contributed by atoms with E-state index in [2.05, 4.69) is 45.0 Å². The maximum Gasteiger partial charge on any atom is 0.255 e. The van der Waals surface area contributed by atoms with Crippen LogP contribution in [0.15, 0.2) is 48.5 Å². The zero-order valence-corrected chi connectivity index (χ0v) is 15.8. The maximum atomic E-state index is 12.8. The number of halogens is 1. The number of hydrogen-bond acceptors (Lipinski definition) is 2. The number of benzene rings is 2. The van der Waals surface area contributed by atoms with Crippen LogP contribution in [0, 0.1) is 0 Å². The summed E-state index contributed by atoms with van der Waals surface area (Å²) in [5, 5.41) is 0.735. The van der Waals surface area contributed by atoms with E-state index in [0.717, 1.165) is 12.3 Å². The van der Waals surface area contributed by atoms with Gasteiger partial charge in [0.2, 0.25) is 0 Å². The van der Waals surface area contributed by atoms with Gasteiger partial charge in [-0.05, 0) is 40.8 Å². The number of nitrogens with zero attached hydrogens (tertiary/aromatic N) is 1. The molecule has 2 aromatic carbocycles. The maximum absolute atomic E-state index is 12.8. The minimum Gasteiger partial charge on any atom is -0.322 e. The second-order valence-electron chi connectivity index (χ2n) is 7.10. The van der Waals surface area contributed by atoms with E-state index in [1.54, 1.807) is 24.3 Å². The van der Waals surface area contributed by atoms with Crippen LogP contribution < -0.4 is 0 Å². The lowest BCUT2D eigenvalue weighted by Crippen LogP contribution is -2.30. The molecule has 0 N–H and O–H groups in total. The highest BCUT2D eigenvalue weighted by molar-refractivity contribution is 7.99. The van der Waals surface area contributed by atoms with E-state index in [9.17, 15) is 4.79 Å². The highest BCUT2D eigenvalue weighted by atomic mass is 35.5. The molecule has 0 aliphatic carbocycles. The van der Waals surface area contributed by atoms with Gasteiger partial charge >= 0.3 is 0 Å². The predicted molar refractivity (Wildman–Crippen MR) is 103 cm³/mol. The zero-order valence-electron chi connectivity index (χ0n) is 14.3. The molecular weight excluding hydrogens is 338 g/mol. The Balaban J connectivity index is 1.82. The van der Waals surface area contributed by atoms with Crippen LogP contribution in [0.1, 0.15) is 47.6 Å². The first kappa shape index (κ1) is 17.4. The van der Waals surface area contributed by atoms with Crippen molar-refractivity contribution in [2.75, 3.05) is 12.3 Å². The van der Waals surface area contributed by atoms with E-state index in [1.807, 2.05) is 16.7 Å². The van der Waals surface area contributed by atoms with Gasteiger partial charge < -0.3 is 4.90 Å². The van der Waals surface area contributed by atoms with Gasteiger partial charge in [0.1, 0.15) is 5.37 Å². The Morgan fingerprint density at radius 2 is 1.71 bits per heavy atom. The molecule has 0 aromatic heterocycles. The van der Waals surface area contributed by atoms with Crippen molar-refractivity contribution in [3.05, 3.63) is 70.2 Å². The second kappa shape index (κ2) is 6.81. The van der Waals surface area contributed by atoms with E-state index in [4.69, 9.17) is 11.6 Å². The molecule has 4 heteroatoms. The Kier molecular flexibility index (Phi) is 4.93. The molecule has 0 bridgehead atoms. The molecule has 126 valence electrons. The lowest BCUT2D eigenvalue weighted by atomic mass is 9.86. The van der Waals surface area contributed by atoms with Gasteiger partial charge in [-0.1, -0.05) is 56.6 Å². The largest absolute Gasteiger partial charge is 0.322 e. The van der Waals surface area contributed by atoms with Gasteiger partial charge in [0, 0.05) is 22.9 Å². The molecular formula is C20H22ClNOS. The smallest absolute Gasteiger partial charge is 0.255 e. The molecule has 1 unspecified atom stereocenters. The Morgan fingerprint density at radius 3 is 2.29 bits per heavy atom. The van der Waals surface area contributed by atoms with Crippen molar-refractivity contribution < 1.29 is 4.79 Å². The van der Waals surface area contributed by atoms with Gasteiger partial charge in [-0.15, -0.1) is 11.8 Å². The van der Waals surface area contributed by atoms with Crippen molar-refractivity contribution in [3.8, 4) is 0 Å². The highest BCUT2D eigenvalue weighted by Gasteiger charge is 2.31. The van der Waals surface area contributed by atoms with Gasteiger partial charge in [0.05, 0.1) is 0 Å². The summed E-state index contributed by atoms with van der Waals surface area (Å²) in [6.45, 7) is 7.41. The van der Waals surface area contributed by atoms with Crippen molar-refractivity contribution >= 4 is 29.3 Å². The molecule has 1 atom stereocenters. The molecule has 3 rings (SSSR count). The van der Waals surface area contributed by atoms with Crippen molar-refractivity contribution in [3.63, 3.8) is 0 Å². The Morgan fingerprint density at radius 1 is 1.08 bits per heavy atom. The summed E-state index contributed by atoms with van der Waals surface area (Å²) < 4.78 is 0.